The van der Waals surface area contributed by atoms with Crippen LogP contribution in [0.15, 0.2) is 36.9 Å². The first-order valence-electron chi connectivity index (χ1n) is 5.73. The second-order valence-corrected chi connectivity index (χ2v) is 4.11. The maximum Gasteiger partial charge on any atom is 0.412 e. The van der Waals surface area contributed by atoms with Gasteiger partial charge in [-0.15, -0.1) is 0 Å². The van der Waals surface area contributed by atoms with Gasteiger partial charge in [-0.05, 0) is 24.3 Å². The van der Waals surface area contributed by atoms with Crippen LogP contribution >= 0.6 is 0 Å². The molecule has 1 aliphatic heterocycles. The van der Waals surface area contributed by atoms with Gasteiger partial charge in [-0.1, -0.05) is 12.6 Å². The van der Waals surface area contributed by atoms with Crippen molar-refractivity contribution in [1.29, 1.82) is 0 Å². The Morgan fingerprint density at radius 1 is 1.47 bits per heavy atom. The van der Waals surface area contributed by atoms with Gasteiger partial charge >= 0.3 is 6.09 Å². The number of anilines is 1. The molecule has 1 aromatic rings. The van der Waals surface area contributed by atoms with E-state index in [1.54, 1.807) is 6.07 Å². The molecule has 0 spiro atoms. The van der Waals surface area contributed by atoms with Gasteiger partial charge in [-0.25, -0.2) is 9.18 Å². The zero-order valence-electron chi connectivity index (χ0n) is 10.1. The van der Waals surface area contributed by atoms with Crippen LogP contribution in [0.2, 0.25) is 0 Å². The van der Waals surface area contributed by atoms with E-state index in [0.717, 1.165) is 0 Å². The number of carbonyl (C=O) groups is 2. The molecule has 0 aliphatic carbocycles. The SMILES string of the molecule is C=CC(=O)N1CC(OC(=O)Nc2cccc(F)c2)C1. The number of hydrogen-bond acceptors (Lipinski definition) is 3. The van der Waals surface area contributed by atoms with E-state index in [9.17, 15) is 14.0 Å². The number of benzene rings is 1. The Kier molecular flexibility index (Phi) is 3.79. The van der Waals surface area contributed by atoms with Crippen LogP contribution < -0.4 is 5.32 Å². The van der Waals surface area contributed by atoms with Crippen molar-refractivity contribution in [2.45, 2.75) is 6.10 Å². The van der Waals surface area contributed by atoms with Gasteiger partial charge in [-0.2, -0.15) is 0 Å². The number of nitrogens with zero attached hydrogens (tertiary/aromatic N) is 1. The molecule has 1 aliphatic rings. The van der Waals surface area contributed by atoms with Gasteiger partial charge in [0.1, 0.15) is 11.9 Å². The number of rotatable bonds is 3. The fourth-order valence-electron chi connectivity index (χ4n) is 1.69. The van der Waals surface area contributed by atoms with Crippen molar-refractivity contribution in [2.24, 2.45) is 0 Å². The normalized spacial score (nSPS) is 14.5. The highest BCUT2D eigenvalue weighted by molar-refractivity contribution is 5.88. The monoisotopic (exact) mass is 264 g/mol. The van der Waals surface area contributed by atoms with Crippen LogP contribution in [-0.2, 0) is 9.53 Å². The topological polar surface area (TPSA) is 58.6 Å². The molecule has 0 aromatic heterocycles. The standard InChI is InChI=1S/C13H13FN2O3/c1-2-12(17)16-7-11(8-16)19-13(18)15-10-5-3-4-9(14)6-10/h2-6,11H,1,7-8H2,(H,15,18). The first-order chi connectivity index (χ1) is 9.08. The molecule has 0 bridgehead atoms. The van der Waals surface area contributed by atoms with Crippen molar-refractivity contribution in [3.05, 3.63) is 42.7 Å². The maximum atomic E-state index is 12.9. The van der Waals surface area contributed by atoms with E-state index in [1.165, 1.54) is 29.2 Å². The van der Waals surface area contributed by atoms with Gasteiger partial charge in [-0.3, -0.25) is 10.1 Å². The number of carbonyl (C=O) groups excluding carboxylic acids is 2. The molecule has 1 heterocycles. The quantitative estimate of drug-likeness (QED) is 0.846. The number of hydrogen-bond donors (Lipinski definition) is 1. The van der Waals surface area contributed by atoms with E-state index in [2.05, 4.69) is 11.9 Å². The lowest BCUT2D eigenvalue weighted by molar-refractivity contribution is -0.135. The van der Waals surface area contributed by atoms with Gasteiger partial charge in [0.25, 0.3) is 0 Å². The predicted molar refractivity (Wildman–Crippen MR) is 67.1 cm³/mol. The molecule has 0 saturated carbocycles. The second-order valence-electron chi connectivity index (χ2n) is 4.11. The predicted octanol–water partition coefficient (Wildman–Crippen LogP) is 1.77. The Labute approximate surface area is 109 Å². The summed E-state index contributed by atoms with van der Waals surface area (Å²) < 4.78 is 17.9. The van der Waals surface area contributed by atoms with E-state index in [4.69, 9.17) is 4.74 Å². The summed E-state index contributed by atoms with van der Waals surface area (Å²) in [5, 5.41) is 2.42. The van der Waals surface area contributed by atoms with Crippen molar-refractivity contribution in [1.82, 2.24) is 4.90 Å². The van der Waals surface area contributed by atoms with Crippen LogP contribution in [0.3, 0.4) is 0 Å². The van der Waals surface area contributed by atoms with Crippen molar-refractivity contribution in [3.8, 4) is 0 Å². The molecular formula is C13H13FN2O3. The molecule has 2 rings (SSSR count). The molecule has 1 aromatic carbocycles. The largest absolute Gasteiger partial charge is 0.442 e. The molecule has 1 saturated heterocycles. The lowest BCUT2D eigenvalue weighted by Gasteiger charge is -2.37. The molecule has 0 atom stereocenters. The van der Waals surface area contributed by atoms with Gasteiger partial charge in [0.05, 0.1) is 13.1 Å². The average molecular weight is 264 g/mol. The highest BCUT2D eigenvalue weighted by Gasteiger charge is 2.32. The Bertz CT molecular complexity index is 512. The Hall–Kier alpha value is -2.37. The molecule has 0 unspecified atom stereocenters. The minimum atomic E-state index is -0.665. The number of halogens is 1. The van der Waals surface area contributed by atoms with E-state index >= 15 is 0 Å². The van der Waals surface area contributed by atoms with Crippen molar-refractivity contribution < 1.29 is 18.7 Å². The molecule has 6 heteroatoms. The highest BCUT2D eigenvalue weighted by Crippen LogP contribution is 2.14. The zero-order valence-corrected chi connectivity index (χ0v) is 10.1. The minimum absolute atomic E-state index is 0.189. The van der Waals surface area contributed by atoms with Gasteiger partial charge < -0.3 is 9.64 Å². The summed E-state index contributed by atoms with van der Waals surface area (Å²) in [5.41, 5.74) is 0.323. The number of likely N-dealkylation sites (tertiary alicyclic amines) is 1. The zero-order chi connectivity index (χ0) is 13.8. The lowest BCUT2D eigenvalue weighted by Crippen LogP contribution is -2.55. The van der Waals surface area contributed by atoms with Crippen LogP contribution in [0.5, 0.6) is 0 Å². The van der Waals surface area contributed by atoms with Gasteiger partial charge in [0, 0.05) is 5.69 Å². The molecule has 2 amide bonds. The third-order valence-electron chi connectivity index (χ3n) is 2.68. The van der Waals surface area contributed by atoms with E-state index < -0.39 is 11.9 Å². The van der Waals surface area contributed by atoms with Crippen molar-refractivity contribution in [2.75, 3.05) is 18.4 Å². The molecule has 100 valence electrons. The smallest absolute Gasteiger partial charge is 0.412 e. The van der Waals surface area contributed by atoms with E-state index in [-0.39, 0.29) is 12.0 Å². The minimum Gasteiger partial charge on any atom is -0.442 e. The first kappa shape index (κ1) is 13.1. The van der Waals surface area contributed by atoms with Crippen LogP contribution in [0.4, 0.5) is 14.9 Å². The summed E-state index contributed by atoms with van der Waals surface area (Å²) in [6.07, 6.45) is 0.210. The Morgan fingerprint density at radius 2 is 2.21 bits per heavy atom. The van der Waals surface area contributed by atoms with Crippen LogP contribution in [0.1, 0.15) is 0 Å². The molecule has 0 radical (unpaired) electrons. The van der Waals surface area contributed by atoms with Gasteiger partial charge in [0.2, 0.25) is 5.91 Å². The summed E-state index contributed by atoms with van der Waals surface area (Å²) in [6.45, 7) is 4.06. The molecular weight excluding hydrogens is 251 g/mol. The van der Waals surface area contributed by atoms with Crippen molar-refractivity contribution >= 4 is 17.7 Å². The molecule has 1 N–H and O–H groups in total. The van der Waals surface area contributed by atoms with Gasteiger partial charge in [0.15, 0.2) is 0 Å². The average Bonchev–Trinajstić information content (AvgIpc) is 2.32. The Morgan fingerprint density at radius 3 is 2.84 bits per heavy atom. The summed E-state index contributed by atoms with van der Waals surface area (Å²) in [5.74, 6) is -0.630. The van der Waals surface area contributed by atoms with E-state index in [1.807, 2.05) is 0 Å². The highest BCUT2D eigenvalue weighted by atomic mass is 19.1. The summed E-state index contributed by atoms with van der Waals surface area (Å²) >= 11 is 0. The second kappa shape index (κ2) is 5.51. The summed E-state index contributed by atoms with van der Waals surface area (Å²) in [7, 11) is 0. The van der Waals surface area contributed by atoms with E-state index in [0.29, 0.717) is 18.8 Å². The third-order valence-corrected chi connectivity index (χ3v) is 2.68. The van der Waals surface area contributed by atoms with Crippen molar-refractivity contribution in [3.63, 3.8) is 0 Å². The van der Waals surface area contributed by atoms with Crippen LogP contribution in [0.25, 0.3) is 0 Å². The lowest BCUT2D eigenvalue weighted by atomic mass is 10.1. The maximum absolute atomic E-state index is 12.9. The molecule has 5 nitrogen and oxygen atoms in total. The van der Waals surface area contributed by atoms with Crippen LogP contribution in [-0.4, -0.2) is 36.1 Å². The summed E-state index contributed by atoms with van der Waals surface area (Å²) in [4.78, 5) is 24.2. The number of amides is 2. The first-order valence-corrected chi connectivity index (χ1v) is 5.73. The fourth-order valence-corrected chi connectivity index (χ4v) is 1.69. The Balaban J connectivity index is 1.77. The molecule has 19 heavy (non-hydrogen) atoms. The summed E-state index contributed by atoms with van der Waals surface area (Å²) in [6, 6.07) is 5.51. The molecule has 1 fully saturated rings. The van der Waals surface area contributed by atoms with Crippen LogP contribution in [0, 0.1) is 5.82 Å². The number of nitrogens with one attached hydrogen (secondary N) is 1. The number of ether oxygens (including phenoxy) is 1. The fraction of sp³-hybridized carbons (Fsp3) is 0.231. The third kappa shape index (κ3) is 3.31.